The van der Waals surface area contributed by atoms with Gasteiger partial charge in [-0.2, -0.15) is 0 Å². The summed E-state index contributed by atoms with van der Waals surface area (Å²) < 4.78 is 11.3. The summed E-state index contributed by atoms with van der Waals surface area (Å²) in [7, 11) is 0. The van der Waals surface area contributed by atoms with E-state index in [1.165, 1.54) is 0 Å². The molecule has 0 aromatic carbocycles. The first-order valence-electron chi connectivity index (χ1n) is 6.85. The number of hydrogen-bond donors (Lipinski definition) is 1. The Morgan fingerprint density at radius 2 is 1.84 bits per heavy atom. The Bertz CT molecular complexity index is 405. The maximum absolute atomic E-state index is 11.2. The highest BCUT2D eigenvalue weighted by molar-refractivity contribution is 5.66. The minimum absolute atomic E-state index is 0.0297. The third kappa shape index (κ3) is 2.32. The summed E-state index contributed by atoms with van der Waals surface area (Å²) in [6.45, 7) is 0. The molecule has 3 aliphatic heterocycles. The van der Waals surface area contributed by atoms with Crippen molar-refractivity contribution in [1.29, 1.82) is 0 Å². The van der Waals surface area contributed by atoms with Crippen molar-refractivity contribution >= 4 is 12.3 Å². The van der Waals surface area contributed by atoms with Gasteiger partial charge in [0.2, 0.25) is 0 Å². The second-order valence-electron chi connectivity index (χ2n) is 5.50. The van der Waals surface area contributed by atoms with Crippen LogP contribution in [0.3, 0.4) is 0 Å². The summed E-state index contributed by atoms with van der Waals surface area (Å²) in [4.78, 5) is 21.5. The predicted octanol–water partition coefficient (Wildman–Crippen LogP) is 1.17. The van der Waals surface area contributed by atoms with E-state index in [2.05, 4.69) is 0 Å². The first-order chi connectivity index (χ1) is 9.22. The normalized spacial score (nSPS) is 42.5. The maximum atomic E-state index is 11.2. The van der Waals surface area contributed by atoms with Crippen LogP contribution in [0.25, 0.3) is 0 Å². The molecule has 0 aromatic rings. The zero-order chi connectivity index (χ0) is 13.4. The van der Waals surface area contributed by atoms with Gasteiger partial charge in [-0.1, -0.05) is 12.2 Å². The molecule has 0 spiro atoms. The van der Waals surface area contributed by atoms with E-state index in [1.54, 1.807) is 0 Å². The Labute approximate surface area is 111 Å². The smallest absolute Gasteiger partial charge is 0.303 e. The fourth-order valence-corrected chi connectivity index (χ4v) is 3.33. The van der Waals surface area contributed by atoms with E-state index < -0.39 is 5.97 Å². The van der Waals surface area contributed by atoms with Gasteiger partial charge in [0.1, 0.15) is 18.5 Å². The van der Waals surface area contributed by atoms with Gasteiger partial charge >= 0.3 is 5.97 Å². The molecule has 0 aromatic heterocycles. The van der Waals surface area contributed by atoms with Crippen LogP contribution in [0.5, 0.6) is 0 Å². The molecule has 6 atom stereocenters. The van der Waals surface area contributed by atoms with Gasteiger partial charge in [0.15, 0.2) is 0 Å². The maximum Gasteiger partial charge on any atom is 0.303 e. The molecule has 3 aliphatic rings. The molecule has 19 heavy (non-hydrogen) atoms. The lowest BCUT2D eigenvalue weighted by Crippen LogP contribution is -2.33. The van der Waals surface area contributed by atoms with Crippen molar-refractivity contribution in [1.82, 2.24) is 0 Å². The largest absolute Gasteiger partial charge is 0.481 e. The molecule has 0 aliphatic carbocycles. The zero-order valence-corrected chi connectivity index (χ0v) is 10.6. The average molecular weight is 266 g/mol. The number of ether oxygens (including phenoxy) is 2. The number of carboxylic acids is 1. The molecule has 1 N–H and O–H groups in total. The summed E-state index contributed by atoms with van der Waals surface area (Å²) in [5.74, 6) is -0.577. The van der Waals surface area contributed by atoms with Crippen LogP contribution in [0.2, 0.25) is 0 Å². The van der Waals surface area contributed by atoms with Gasteiger partial charge < -0.3 is 19.4 Å². The minimum atomic E-state index is -0.757. The molecule has 0 radical (unpaired) electrons. The van der Waals surface area contributed by atoms with Crippen molar-refractivity contribution in [3.05, 3.63) is 12.2 Å². The molecule has 3 heterocycles. The van der Waals surface area contributed by atoms with Crippen molar-refractivity contribution < 1.29 is 24.2 Å². The molecular weight excluding hydrogens is 248 g/mol. The van der Waals surface area contributed by atoms with E-state index in [-0.39, 0.29) is 42.7 Å². The third-order valence-corrected chi connectivity index (χ3v) is 4.31. The van der Waals surface area contributed by atoms with E-state index in [0.29, 0.717) is 6.42 Å². The number of aliphatic carboxylic acids is 1. The predicted molar refractivity (Wildman–Crippen MR) is 65.6 cm³/mol. The monoisotopic (exact) mass is 266 g/mol. The molecular formula is C14H18O5. The van der Waals surface area contributed by atoms with Gasteiger partial charge in [0.25, 0.3) is 0 Å². The van der Waals surface area contributed by atoms with E-state index in [9.17, 15) is 9.59 Å². The van der Waals surface area contributed by atoms with Crippen molar-refractivity contribution in [3.8, 4) is 0 Å². The first kappa shape index (κ1) is 12.8. The number of epoxide rings is 1. The minimum Gasteiger partial charge on any atom is -0.481 e. The number of carboxylic acid groups (broad SMARTS) is 1. The Balaban J connectivity index is 1.46. The number of fused-ring (bicyclic) bond motifs is 5. The molecule has 5 nitrogen and oxygen atoms in total. The lowest BCUT2D eigenvalue weighted by atomic mass is 9.78. The van der Waals surface area contributed by atoms with Crippen molar-refractivity contribution in [2.24, 2.45) is 11.8 Å². The second kappa shape index (κ2) is 5.06. The Kier molecular flexibility index (Phi) is 3.41. The number of carbonyl (C=O) groups is 2. The Morgan fingerprint density at radius 1 is 1.11 bits per heavy atom. The topological polar surface area (TPSA) is 76.1 Å². The van der Waals surface area contributed by atoms with Crippen LogP contribution in [-0.4, -0.2) is 41.8 Å². The number of unbranched alkanes of at least 4 members (excludes halogenated alkanes) is 1. The van der Waals surface area contributed by atoms with Crippen molar-refractivity contribution in [2.75, 3.05) is 0 Å². The molecule has 5 heteroatoms. The van der Waals surface area contributed by atoms with Gasteiger partial charge in [-0.05, 0) is 19.3 Å². The average Bonchev–Trinajstić information content (AvgIpc) is 3.01. The van der Waals surface area contributed by atoms with Crippen LogP contribution < -0.4 is 0 Å². The third-order valence-electron chi connectivity index (χ3n) is 4.31. The molecule has 3 fully saturated rings. The molecule has 0 amide bonds. The van der Waals surface area contributed by atoms with Crippen LogP contribution in [0.15, 0.2) is 12.2 Å². The van der Waals surface area contributed by atoms with Gasteiger partial charge in [-0.15, -0.1) is 0 Å². The number of aldehydes is 1. The van der Waals surface area contributed by atoms with Crippen molar-refractivity contribution in [2.45, 2.75) is 50.1 Å². The number of carbonyl (C=O) groups excluding carboxylic acids is 1. The summed E-state index contributed by atoms with van der Waals surface area (Å²) in [6.07, 6.45) is 7.92. The summed E-state index contributed by atoms with van der Waals surface area (Å²) in [6, 6.07) is 0. The van der Waals surface area contributed by atoms with Crippen LogP contribution in [0.4, 0.5) is 0 Å². The summed E-state index contributed by atoms with van der Waals surface area (Å²) in [5.41, 5.74) is 0. The number of hydrogen-bond acceptors (Lipinski definition) is 4. The zero-order valence-electron chi connectivity index (χ0n) is 10.6. The fraction of sp³-hybridized carbons (Fsp3) is 0.714. The van der Waals surface area contributed by atoms with E-state index in [0.717, 1.165) is 19.1 Å². The number of rotatable bonds is 7. The highest BCUT2D eigenvalue weighted by Crippen LogP contribution is 2.54. The van der Waals surface area contributed by atoms with Crippen LogP contribution >= 0.6 is 0 Å². The van der Waals surface area contributed by atoms with Gasteiger partial charge in [0.05, 0.1) is 12.2 Å². The van der Waals surface area contributed by atoms with Gasteiger partial charge in [0, 0.05) is 18.3 Å². The summed E-state index contributed by atoms with van der Waals surface area (Å²) in [5, 5.41) is 8.52. The Hall–Kier alpha value is -1.20. The Morgan fingerprint density at radius 3 is 2.58 bits per heavy atom. The second-order valence-corrected chi connectivity index (χ2v) is 5.50. The SMILES string of the molecule is O=CC1C(CC=CCCCC(=O)O)C2OC1C1OC21. The van der Waals surface area contributed by atoms with Crippen LogP contribution in [0, 0.1) is 11.8 Å². The first-order valence-corrected chi connectivity index (χ1v) is 6.85. The lowest BCUT2D eigenvalue weighted by Gasteiger charge is -2.19. The highest BCUT2D eigenvalue weighted by Gasteiger charge is 2.68. The van der Waals surface area contributed by atoms with Crippen LogP contribution in [0.1, 0.15) is 25.7 Å². The molecule has 2 bridgehead atoms. The fourth-order valence-electron chi connectivity index (χ4n) is 3.33. The van der Waals surface area contributed by atoms with E-state index in [1.807, 2.05) is 12.2 Å². The molecule has 104 valence electrons. The molecule has 6 unspecified atom stereocenters. The van der Waals surface area contributed by atoms with Gasteiger partial charge in [-0.3, -0.25) is 4.79 Å². The summed E-state index contributed by atoms with van der Waals surface area (Å²) >= 11 is 0. The van der Waals surface area contributed by atoms with Crippen molar-refractivity contribution in [3.63, 3.8) is 0 Å². The van der Waals surface area contributed by atoms with E-state index >= 15 is 0 Å². The lowest BCUT2D eigenvalue weighted by molar-refractivity contribution is -0.137. The van der Waals surface area contributed by atoms with E-state index in [4.69, 9.17) is 14.6 Å². The molecule has 0 saturated carbocycles. The van der Waals surface area contributed by atoms with Crippen LogP contribution in [-0.2, 0) is 19.1 Å². The molecule has 3 rings (SSSR count). The highest BCUT2D eigenvalue weighted by atomic mass is 16.7. The van der Waals surface area contributed by atoms with Gasteiger partial charge in [-0.25, -0.2) is 0 Å². The number of allylic oxidation sites excluding steroid dienone is 2. The molecule has 3 saturated heterocycles. The quantitative estimate of drug-likeness (QED) is 0.324. The standard InChI is InChI=1S/C14H18O5/c15-7-9-8(5-3-1-2-4-6-10(16)17)11-13-14(19-13)12(9)18-11/h1,3,7-9,11-14H,2,4-6H2,(H,16,17).